The van der Waals surface area contributed by atoms with Crippen LogP contribution in [0.3, 0.4) is 0 Å². The number of carbonyl (C=O) groups excluding carboxylic acids is 1. The topological polar surface area (TPSA) is 40.5 Å². The molecule has 1 unspecified atom stereocenters. The first-order chi connectivity index (χ1) is 5.38. The van der Waals surface area contributed by atoms with Crippen LogP contribution in [0.15, 0.2) is 0 Å². The Morgan fingerprint density at radius 2 is 2.27 bits per heavy atom. The van der Waals surface area contributed by atoms with E-state index in [0.29, 0.717) is 0 Å². The van der Waals surface area contributed by atoms with Crippen LogP contribution < -0.4 is 0 Å². The summed E-state index contributed by atoms with van der Waals surface area (Å²) >= 11 is 0. The van der Waals surface area contributed by atoms with Crippen LogP contribution in [0.2, 0.25) is 0 Å². The molecule has 3 heteroatoms. The number of nitrogens with zero attached hydrogens (tertiary/aromatic N) is 1. The Bertz CT molecular complexity index is 127. The second kappa shape index (κ2) is 4.34. The largest absolute Gasteiger partial charge is 0.394 e. The van der Waals surface area contributed by atoms with Crippen molar-refractivity contribution in [1.29, 1.82) is 0 Å². The van der Waals surface area contributed by atoms with Crippen LogP contribution >= 0.6 is 0 Å². The molecular formula is C8H15NO2. The van der Waals surface area contributed by atoms with Crippen LogP contribution in [0.5, 0.6) is 0 Å². The van der Waals surface area contributed by atoms with Crippen molar-refractivity contribution in [2.75, 3.05) is 13.2 Å². The molecule has 1 amide bonds. The summed E-state index contributed by atoms with van der Waals surface area (Å²) < 4.78 is 0. The van der Waals surface area contributed by atoms with E-state index in [-0.39, 0.29) is 12.6 Å². The molecule has 0 aromatic carbocycles. The SMILES string of the molecule is O=CN1CCCCCC1CO. The maximum Gasteiger partial charge on any atom is 0.210 e. The maximum absolute atomic E-state index is 10.5. The quantitative estimate of drug-likeness (QED) is 0.589. The third kappa shape index (κ3) is 2.19. The summed E-state index contributed by atoms with van der Waals surface area (Å²) in [5.41, 5.74) is 0. The van der Waals surface area contributed by atoms with Gasteiger partial charge in [0, 0.05) is 6.54 Å². The van der Waals surface area contributed by atoms with Gasteiger partial charge in [-0.25, -0.2) is 0 Å². The Hall–Kier alpha value is -0.570. The average Bonchev–Trinajstić information content (AvgIpc) is 2.27. The fourth-order valence-electron chi connectivity index (χ4n) is 1.53. The Kier molecular flexibility index (Phi) is 3.36. The molecule has 64 valence electrons. The first-order valence-electron chi connectivity index (χ1n) is 4.20. The van der Waals surface area contributed by atoms with E-state index in [9.17, 15) is 4.79 Å². The highest BCUT2D eigenvalue weighted by Crippen LogP contribution is 2.14. The molecule has 0 aromatic heterocycles. The highest BCUT2D eigenvalue weighted by molar-refractivity contribution is 5.47. The summed E-state index contributed by atoms with van der Waals surface area (Å²) in [6.45, 7) is 0.924. The number of rotatable bonds is 2. The third-order valence-corrected chi connectivity index (χ3v) is 2.27. The van der Waals surface area contributed by atoms with E-state index >= 15 is 0 Å². The van der Waals surface area contributed by atoms with Gasteiger partial charge in [-0.15, -0.1) is 0 Å². The maximum atomic E-state index is 10.5. The van der Waals surface area contributed by atoms with Gasteiger partial charge < -0.3 is 10.0 Å². The van der Waals surface area contributed by atoms with Gasteiger partial charge in [0.15, 0.2) is 0 Å². The molecule has 11 heavy (non-hydrogen) atoms. The Morgan fingerprint density at radius 1 is 1.45 bits per heavy atom. The van der Waals surface area contributed by atoms with Crippen LogP contribution in [-0.4, -0.2) is 35.6 Å². The van der Waals surface area contributed by atoms with E-state index in [0.717, 1.165) is 32.2 Å². The van der Waals surface area contributed by atoms with Gasteiger partial charge in [0.2, 0.25) is 6.41 Å². The van der Waals surface area contributed by atoms with Crippen LogP contribution in [-0.2, 0) is 4.79 Å². The van der Waals surface area contributed by atoms with Crippen LogP contribution in [0.4, 0.5) is 0 Å². The molecule has 1 aliphatic heterocycles. The molecule has 0 radical (unpaired) electrons. The molecule has 0 bridgehead atoms. The number of carbonyl (C=O) groups is 1. The van der Waals surface area contributed by atoms with Crippen molar-refractivity contribution >= 4 is 6.41 Å². The fourth-order valence-corrected chi connectivity index (χ4v) is 1.53. The summed E-state index contributed by atoms with van der Waals surface area (Å²) in [5.74, 6) is 0. The number of hydrogen-bond donors (Lipinski definition) is 1. The zero-order chi connectivity index (χ0) is 8.10. The Morgan fingerprint density at radius 3 is 2.91 bits per heavy atom. The van der Waals surface area contributed by atoms with Gasteiger partial charge in [-0.1, -0.05) is 12.8 Å². The lowest BCUT2D eigenvalue weighted by molar-refractivity contribution is -0.120. The molecule has 0 aliphatic carbocycles. The van der Waals surface area contributed by atoms with E-state index in [2.05, 4.69) is 0 Å². The summed E-state index contributed by atoms with van der Waals surface area (Å²) in [5, 5.41) is 8.92. The van der Waals surface area contributed by atoms with Crippen molar-refractivity contribution in [2.45, 2.75) is 31.7 Å². The standard InChI is InChI=1S/C8H15NO2/c10-6-8-4-2-1-3-5-9(8)7-11/h7-8,10H,1-6H2. The second-order valence-corrected chi connectivity index (χ2v) is 3.03. The lowest BCUT2D eigenvalue weighted by Gasteiger charge is -2.23. The van der Waals surface area contributed by atoms with Gasteiger partial charge in [0.05, 0.1) is 12.6 Å². The van der Waals surface area contributed by atoms with Crippen LogP contribution in [0, 0.1) is 0 Å². The molecule has 1 atom stereocenters. The third-order valence-electron chi connectivity index (χ3n) is 2.27. The molecule has 3 nitrogen and oxygen atoms in total. The van der Waals surface area contributed by atoms with Crippen molar-refractivity contribution in [3.63, 3.8) is 0 Å². The van der Waals surface area contributed by atoms with E-state index in [1.54, 1.807) is 4.90 Å². The first kappa shape index (κ1) is 8.53. The second-order valence-electron chi connectivity index (χ2n) is 3.03. The van der Waals surface area contributed by atoms with Crippen molar-refractivity contribution < 1.29 is 9.90 Å². The van der Waals surface area contributed by atoms with Crippen LogP contribution in [0.25, 0.3) is 0 Å². The van der Waals surface area contributed by atoms with E-state index in [1.165, 1.54) is 6.42 Å². The monoisotopic (exact) mass is 157 g/mol. The predicted molar refractivity (Wildman–Crippen MR) is 42.1 cm³/mol. The molecule has 1 aliphatic rings. The molecule has 1 rings (SSSR count). The van der Waals surface area contributed by atoms with Crippen LogP contribution in [0.1, 0.15) is 25.7 Å². The predicted octanol–water partition coefficient (Wildman–Crippen LogP) is 0.380. The van der Waals surface area contributed by atoms with Gasteiger partial charge in [-0.05, 0) is 12.8 Å². The van der Waals surface area contributed by atoms with Gasteiger partial charge in [-0.2, -0.15) is 0 Å². The normalized spacial score (nSPS) is 26.3. The highest BCUT2D eigenvalue weighted by atomic mass is 16.3. The Balaban J connectivity index is 2.47. The Labute approximate surface area is 67.0 Å². The number of likely N-dealkylation sites (tertiary alicyclic amines) is 1. The summed E-state index contributed by atoms with van der Waals surface area (Å²) in [7, 11) is 0. The lowest BCUT2D eigenvalue weighted by Crippen LogP contribution is -2.36. The summed E-state index contributed by atoms with van der Waals surface area (Å²) in [4.78, 5) is 12.2. The first-order valence-corrected chi connectivity index (χ1v) is 4.20. The minimum atomic E-state index is 0.0787. The van der Waals surface area contributed by atoms with Gasteiger partial charge in [0.25, 0.3) is 0 Å². The minimum Gasteiger partial charge on any atom is -0.394 e. The number of amides is 1. The fraction of sp³-hybridized carbons (Fsp3) is 0.875. The zero-order valence-corrected chi connectivity index (χ0v) is 6.70. The van der Waals surface area contributed by atoms with Crippen molar-refractivity contribution in [3.8, 4) is 0 Å². The molecular weight excluding hydrogens is 142 g/mol. The van der Waals surface area contributed by atoms with E-state index in [1.807, 2.05) is 0 Å². The molecule has 1 fully saturated rings. The summed E-state index contributed by atoms with van der Waals surface area (Å²) in [6.07, 6.45) is 5.20. The van der Waals surface area contributed by atoms with E-state index in [4.69, 9.17) is 5.11 Å². The van der Waals surface area contributed by atoms with Gasteiger partial charge in [0.1, 0.15) is 0 Å². The molecule has 1 saturated heterocycles. The van der Waals surface area contributed by atoms with Gasteiger partial charge in [-0.3, -0.25) is 4.79 Å². The van der Waals surface area contributed by atoms with Gasteiger partial charge >= 0.3 is 0 Å². The smallest absolute Gasteiger partial charge is 0.210 e. The summed E-state index contributed by atoms with van der Waals surface area (Å²) in [6, 6.07) is 0.0787. The molecule has 0 saturated carbocycles. The number of aliphatic hydroxyl groups is 1. The van der Waals surface area contributed by atoms with Crippen molar-refractivity contribution in [1.82, 2.24) is 4.90 Å². The number of aliphatic hydroxyl groups excluding tert-OH is 1. The van der Waals surface area contributed by atoms with Crippen molar-refractivity contribution in [3.05, 3.63) is 0 Å². The number of hydrogen-bond acceptors (Lipinski definition) is 2. The van der Waals surface area contributed by atoms with Crippen molar-refractivity contribution in [2.24, 2.45) is 0 Å². The van der Waals surface area contributed by atoms with E-state index < -0.39 is 0 Å². The minimum absolute atomic E-state index is 0.0787. The molecule has 0 aromatic rings. The lowest BCUT2D eigenvalue weighted by atomic mass is 10.1. The average molecular weight is 157 g/mol. The molecule has 0 spiro atoms. The molecule has 1 N–H and O–H groups in total. The zero-order valence-electron chi connectivity index (χ0n) is 6.70. The molecule has 1 heterocycles. The highest BCUT2D eigenvalue weighted by Gasteiger charge is 2.17.